The molecule has 0 saturated carbocycles. The van der Waals surface area contributed by atoms with E-state index in [1.165, 1.54) is 0 Å². The molecule has 1 aromatic heterocycles. The van der Waals surface area contributed by atoms with Crippen LogP contribution >= 0.6 is 0 Å². The summed E-state index contributed by atoms with van der Waals surface area (Å²) in [7, 11) is 0. The van der Waals surface area contributed by atoms with Gasteiger partial charge in [0.2, 0.25) is 0 Å². The van der Waals surface area contributed by atoms with Crippen LogP contribution in [0, 0.1) is 0 Å². The minimum absolute atomic E-state index is 0.117. The third-order valence-corrected chi connectivity index (χ3v) is 3.32. The zero-order valence-electron chi connectivity index (χ0n) is 11.0. The van der Waals surface area contributed by atoms with Crippen LogP contribution < -0.4 is 10.3 Å². The van der Waals surface area contributed by atoms with E-state index < -0.39 is 0 Å². The van der Waals surface area contributed by atoms with Crippen LogP contribution in [-0.4, -0.2) is 9.97 Å². The van der Waals surface area contributed by atoms with Crippen molar-refractivity contribution >= 4 is 0 Å². The van der Waals surface area contributed by atoms with Gasteiger partial charge >= 0.3 is 0 Å². The Morgan fingerprint density at radius 2 is 2.16 bits per heavy atom. The number of aromatic nitrogens is 2. The van der Waals surface area contributed by atoms with E-state index in [9.17, 15) is 4.79 Å². The molecule has 1 aromatic carbocycles. The second-order valence-corrected chi connectivity index (χ2v) is 5.13. The topological polar surface area (TPSA) is 55.0 Å². The zero-order valence-corrected chi connectivity index (χ0v) is 11.0. The normalized spacial score (nSPS) is 17.3. The van der Waals surface area contributed by atoms with E-state index in [-0.39, 0.29) is 17.6 Å². The predicted octanol–water partition coefficient (Wildman–Crippen LogP) is 2.57. The minimum Gasteiger partial charge on any atom is -0.482 e. The number of benzene rings is 1. The number of nitrogens with zero attached hydrogens (tertiary/aromatic N) is 1. The zero-order chi connectivity index (χ0) is 13.4. The highest BCUT2D eigenvalue weighted by molar-refractivity contribution is 5.38. The van der Waals surface area contributed by atoms with Gasteiger partial charge in [0.05, 0.1) is 5.69 Å². The molecule has 1 N–H and O–H groups in total. The highest BCUT2D eigenvalue weighted by Crippen LogP contribution is 2.34. The van der Waals surface area contributed by atoms with Gasteiger partial charge in [0.25, 0.3) is 5.56 Å². The molecule has 2 aromatic rings. The van der Waals surface area contributed by atoms with Crippen LogP contribution in [0.1, 0.15) is 43.0 Å². The smallest absolute Gasteiger partial charge is 0.251 e. The molecule has 2 heterocycles. The quantitative estimate of drug-likeness (QED) is 0.898. The molecule has 1 unspecified atom stereocenters. The molecular weight excluding hydrogens is 240 g/mol. The van der Waals surface area contributed by atoms with E-state index in [4.69, 9.17) is 4.74 Å². The molecule has 1 aliphatic heterocycles. The van der Waals surface area contributed by atoms with Gasteiger partial charge in [-0.2, -0.15) is 0 Å². The van der Waals surface area contributed by atoms with Crippen LogP contribution in [0.3, 0.4) is 0 Å². The Bertz CT molecular complexity index is 636. The summed E-state index contributed by atoms with van der Waals surface area (Å²) >= 11 is 0. The number of hydrogen-bond acceptors (Lipinski definition) is 3. The Morgan fingerprint density at radius 3 is 2.89 bits per heavy atom. The molecule has 0 amide bonds. The maximum Gasteiger partial charge on any atom is 0.251 e. The Kier molecular flexibility index (Phi) is 2.85. The summed E-state index contributed by atoms with van der Waals surface area (Å²) in [4.78, 5) is 19.0. The Hall–Kier alpha value is -2.10. The van der Waals surface area contributed by atoms with Crippen molar-refractivity contribution in [2.75, 3.05) is 0 Å². The molecule has 19 heavy (non-hydrogen) atoms. The van der Waals surface area contributed by atoms with Gasteiger partial charge in [-0.25, -0.2) is 4.98 Å². The molecule has 0 spiro atoms. The van der Waals surface area contributed by atoms with Crippen LogP contribution in [0.25, 0.3) is 0 Å². The van der Waals surface area contributed by atoms with Crippen molar-refractivity contribution in [1.29, 1.82) is 0 Å². The molecule has 0 fully saturated rings. The molecule has 3 rings (SSSR count). The van der Waals surface area contributed by atoms with Crippen molar-refractivity contribution in [1.82, 2.24) is 9.97 Å². The lowest BCUT2D eigenvalue weighted by Crippen LogP contribution is -2.18. The van der Waals surface area contributed by atoms with E-state index in [0.717, 1.165) is 23.4 Å². The molecule has 4 heteroatoms. The maximum atomic E-state index is 11.7. The molecule has 0 radical (unpaired) electrons. The van der Waals surface area contributed by atoms with Crippen molar-refractivity contribution in [2.24, 2.45) is 0 Å². The summed E-state index contributed by atoms with van der Waals surface area (Å²) in [6.07, 6.45) is 0.560. The number of rotatable bonds is 2. The van der Waals surface area contributed by atoms with Crippen molar-refractivity contribution in [2.45, 2.75) is 32.3 Å². The number of fused-ring (bicyclic) bond motifs is 1. The largest absolute Gasteiger partial charge is 0.482 e. The number of ether oxygens (including phenoxy) is 1. The lowest BCUT2D eigenvalue weighted by molar-refractivity contribution is 0.226. The highest BCUT2D eigenvalue weighted by Gasteiger charge is 2.26. The Morgan fingerprint density at radius 1 is 1.37 bits per heavy atom. The first-order valence-corrected chi connectivity index (χ1v) is 6.49. The van der Waals surface area contributed by atoms with Gasteiger partial charge in [0, 0.05) is 12.5 Å². The van der Waals surface area contributed by atoms with Gasteiger partial charge in [0.15, 0.2) is 11.9 Å². The van der Waals surface area contributed by atoms with Gasteiger partial charge in [-0.15, -0.1) is 0 Å². The van der Waals surface area contributed by atoms with E-state index >= 15 is 0 Å². The summed E-state index contributed by atoms with van der Waals surface area (Å²) < 4.78 is 5.85. The third-order valence-electron chi connectivity index (χ3n) is 3.32. The van der Waals surface area contributed by atoms with Gasteiger partial charge in [-0.05, 0) is 17.5 Å². The molecule has 0 bridgehead atoms. The summed E-state index contributed by atoms with van der Waals surface area (Å²) in [6.45, 7) is 4.05. The highest BCUT2D eigenvalue weighted by atomic mass is 16.5. The molecular formula is C15H16N2O2. The standard InChI is InChI=1S/C15H16N2O2/c1-9(2)11-8-14(18)17-15(16-11)13-7-10-5-3-4-6-12(10)19-13/h3-6,8-9,13H,7H2,1-2H3,(H,16,17,18). The van der Waals surface area contributed by atoms with Crippen LogP contribution in [0.15, 0.2) is 35.1 Å². The first-order valence-electron chi connectivity index (χ1n) is 6.49. The molecule has 98 valence electrons. The number of para-hydroxylation sites is 1. The summed E-state index contributed by atoms with van der Waals surface area (Å²) in [5.74, 6) is 1.72. The lowest BCUT2D eigenvalue weighted by atomic mass is 10.1. The van der Waals surface area contributed by atoms with Gasteiger partial charge < -0.3 is 9.72 Å². The van der Waals surface area contributed by atoms with Crippen LogP contribution in [0.4, 0.5) is 0 Å². The monoisotopic (exact) mass is 256 g/mol. The van der Waals surface area contributed by atoms with E-state index in [1.807, 2.05) is 38.1 Å². The SMILES string of the molecule is CC(C)c1cc(=O)[nH]c(C2Cc3ccccc3O2)n1. The maximum absolute atomic E-state index is 11.7. The third kappa shape index (κ3) is 2.26. The molecule has 4 nitrogen and oxygen atoms in total. The van der Waals surface area contributed by atoms with E-state index in [2.05, 4.69) is 9.97 Å². The van der Waals surface area contributed by atoms with Crippen molar-refractivity contribution in [3.05, 3.63) is 57.8 Å². The number of H-pyrrole nitrogens is 1. The minimum atomic E-state index is -0.191. The fraction of sp³-hybridized carbons (Fsp3) is 0.333. The van der Waals surface area contributed by atoms with Crippen molar-refractivity contribution in [3.63, 3.8) is 0 Å². The summed E-state index contributed by atoms with van der Waals surface area (Å²) in [5.41, 5.74) is 1.84. The van der Waals surface area contributed by atoms with Gasteiger partial charge in [0.1, 0.15) is 5.75 Å². The van der Waals surface area contributed by atoms with Gasteiger partial charge in [-0.1, -0.05) is 32.0 Å². The van der Waals surface area contributed by atoms with Gasteiger partial charge in [-0.3, -0.25) is 4.79 Å². The molecule has 1 aliphatic rings. The Labute approximate surface area is 111 Å². The van der Waals surface area contributed by atoms with E-state index in [0.29, 0.717) is 5.82 Å². The first kappa shape index (κ1) is 12.0. The second-order valence-electron chi connectivity index (χ2n) is 5.13. The van der Waals surface area contributed by atoms with Crippen LogP contribution in [0.5, 0.6) is 5.75 Å². The van der Waals surface area contributed by atoms with Crippen molar-refractivity contribution in [3.8, 4) is 5.75 Å². The van der Waals surface area contributed by atoms with Crippen LogP contribution in [-0.2, 0) is 6.42 Å². The Balaban J connectivity index is 1.95. The molecule has 0 aliphatic carbocycles. The lowest BCUT2D eigenvalue weighted by Gasteiger charge is -2.12. The number of hydrogen-bond donors (Lipinski definition) is 1. The second kappa shape index (κ2) is 4.53. The average Bonchev–Trinajstić information content (AvgIpc) is 2.81. The fourth-order valence-corrected chi connectivity index (χ4v) is 2.28. The fourth-order valence-electron chi connectivity index (χ4n) is 2.28. The van der Waals surface area contributed by atoms with Crippen LogP contribution in [0.2, 0.25) is 0 Å². The number of nitrogens with one attached hydrogen (secondary N) is 1. The molecule has 1 atom stereocenters. The summed E-state index contributed by atoms with van der Waals surface area (Å²) in [5, 5.41) is 0. The summed E-state index contributed by atoms with van der Waals surface area (Å²) in [6, 6.07) is 9.48. The van der Waals surface area contributed by atoms with Crippen molar-refractivity contribution < 1.29 is 4.74 Å². The molecule has 0 saturated heterocycles. The first-order chi connectivity index (χ1) is 9.13. The average molecular weight is 256 g/mol. The predicted molar refractivity (Wildman–Crippen MR) is 72.5 cm³/mol. The number of aromatic amines is 1. The van der Waals surface area contributed by atoms with E-state index in [1.54, 1.807) is 6.07 Å².